The molecule has 3 aromatic rings. The van der Waals surface area contributed by atoms with Gasteiger partial charge in [0.15, 0.2) is 11.5 Å². The standard InChI is InChI=1S/C21H19BClN3O3.C4H10/c1-3-13-19(16(23)9-17(27)20(13)29-2)14-8-18(28)25-21-15(14)10-24-26(21)12-6-4-11(22)5-7-12;1-4(2)3/h4-7,9-10,14,27H,3,8H2,1-2H3,(H,25,28);4H,1-3H3. The molecule has 172 valence electrons. The zero-order valence-electron chi connectivity index (χ0n) is 19.6. The first-order chi connectivity index (χ1) is 15.7. The van der Waals surface area contributed by atoms with Crippen molar-refractivity contribution in [2.24, 2.45) is 5.92 Å². The third-order valence-electron chi connectivity index (χ3n) is 5.22. The van der Waals surface area contributed by atoms with Crippen LogP contribution in [0.25, 0.3) is 5.69 Å². The second-order valence-corrected chi connectivity index (χ2v) is 9.05. The molecule has 0 saturated heterocycles. The van der Waals surface area contributed by atoms with Crippen LogP contribution >= 0.6 is 11.6 Å². The van der Waals surface area contributed by atoms with Gasteiger partial charge in [0.25, 0.3) is 0 Å². The Morgan fingerprint density at radius 1 is 1.30 bits per heavy atom. The number of halogens is 1. The first-order valence-corrected chi connectivity index (χ1v) is 11.4. The highest BCUT2D eigenvalue weighted by Crippen LogP contribution is 2.47. The number of amides is 1. The lowest BCUT2D eigenvalue weighted by Gasteiger charge is -2.27. The van der Waals surface area contributed by atoms with E-state index in [4.69, 9.17) is 24.2 Å². The van der Waals surface area contributed by atoms with Gasteiger partial charge in [0.05, 0.1) is 19.0 Å². The molecule has 1 aromatic heterocycles. The number of benzene rings is 2. The number of fused-ring (bicyclic) bond motifs is 1. The Hall–Kier alpha value is -2.93. The Kier molecular flexibility index (Phi) is 7.74. The summed E-state index contributed by atoms with van der Waals surface area (Å²) in [6.07, 6.45) is 2.55. The van der Waals surface area contributed by atoms with E-state index in [1.54, 1.807) is 23.0 Å². The number of anilines is 1. The predicted octanol–water partition coefficient (Wildman–Crippen LogP) is 4.73. The van der Waals surface area contributed by atoms with Crippen LogP contribution in [0, 0.1) is 5.92 Å². The molecule has 2 heterocycles. The van der Waals surface area contributed by atoms with Crippen molar-refractivity contribution < 1.29 is 14.6 Å². The zero-order chi connectivity index (χ0) is 24.3. The summed E-state index contributed by atoms with van der Waals surface area (Å²) in [7, 11) is 7.28. The largest absolute Gasteiger partial charge is 0.504 e. The molecular formula is C25H29BClN3O3. The number of nitrogens with zero attached hydrogens (tertiary/aromatic N) is 2. The van der Waals surface area contributed by atoms with Gasteiger partial charge in [-0.3, -0.25) is 4.79 Å². The topological polar surface area (TPSA) is 76.4 Å². The monoisotopic (exact) mass is 465 g/mol. The number of carbonyl (C=O) groups excluding carboxylic acids is 1. The number of rotatable bonds is 4. The highest BCUT2D eigenvalue weighted by Gasteiger charge is 2.34. The zero-order valence-corrected chi connectivity index (χ0v) is 20.4. The Morgan fingerprint density at radius 2 is 1.94 bits per heavy atom. The molecule has 6 nitrogen and oxygen atoms in total. The first kappa shape index (κ1) is 24.7. The van der Waals surface area contributed by atoms with E-state index < -0.39 is 0 Å². The number of aromatic hydroxyl groups is 1. The molecular weight excluding hydrogens is 437 g/mol. The average Bonchev–Trinajstić information content (AvgIpc) is 3.16. The fourth-order valence-electron chi connectivity index (χ4n) is 3.93. The number of aromatic nitrogens is 2. The lowest BCUT2D eigenvalue weighted by molar-refractivity contribution is -0.116. The molecule has 1 amide bonds. The van der Waals surface area contributed by atoms with Crippen LogP contribution in [0.4, 0.5) is 5.82 Å². The summed E-state index contributed by atoms with van der Waals surface area (Å²) in [4.78, 5) is 12.6. The van der Waals surface area contributed by atoms with Gasteiger partial charge in [-0.2, -0.15) is 5.10 Å². The first-order valence-electron chi connectivity index (χ1n) is 11.0. The molecule has 1 unspecified atom stereocenters. The fraction of sp³-hybridized carbons (Fsp3) is 0.360. The number of ether oxygens (including phenoxy) is 1. The number of carbonyl (C=O) groups is 1. The Labute approximate surface area is 201 Å². The number of methoxy groups -OCH3 is 1. The van der Waals surface area contributed by atoms with Crippen LogP contribution in [-0.2, 0) is 11.2 Å². The molecule has 33 heavy (non-hydrogen) atoms. The smallest absolute Gasteiger partial charge is 0.226 e. The summed E-state index contributed by atoms with van der Waals surface area (Å²) in [5.74, 6) is 1.35. The Balaban J connectivity index is 0.000000709. The van der Waals surface area contributed by atoms with Crippen LogP contribution in [-0.4, -0.2) is 35.8 Å². The van der Waals surface area contributed by atoms with Gasteiger partial charge < -0.3 is 15.2 Å². The minimum absolute atomic E-state index is 0.0175. The van der Waals surface area contributed by atoms with Crippen molar-refractivity contribution in [1.82, 2.24) is 9.78 Å². The second-order valence-electron chi connectivity index (χ2n) is 8.65. The quantitative estimate of drug-likeness (QED) is 0.546. The van der Waals surface area contributed by atoms with Gasteiger partial charge in [0.1, 0.15) is 13.7 Å². The highest BCUT2D eigenvalue weighted by molar-refractivity contribution is 6.32. The second kappa shape index (κ2) is 10.3. The Bertz CT molecular complexity index is 1140. The van der Waals surface area contributed by atoms with E-state index in [0.29, 0.717) is 28.5 Å². The summed E-state index contributed by atoms with van der Waals surface area (Å²) >= 11 is 6.54. The molecule has 0 saturated carbocycles. The molecule has 0 aliphatic carbocycles. The van der Waals surface area contributed by atoms with E-state index >= 15 is 0 Å². The van der Waals surface area contributed by atoms with Gasteiger partial charge in [-0.25, -0.2) is 4.68 Å². The Morgan fingerprint density at radius 3 is 2.52 bits per heavy atom. The van der Waals surface area contributed by atoms with Crippen LogP contribution in [0.5, 0.6) is 11.5 Å². The number of phenolic OH excluding ortho intramolecular Hbond substituents is 1. The number of hydrogen-bond acceptors (Lipinski definition) is 4. The molecule has 4 rings (SSSR count). The van der Waals surface area contributed by atoms with Gasteiger partial charge in [-0.1, -0.05) is 56.9 Å². The normalized spacial score (nSPS) is 14.9. The van der Waals surface area contributed by atoms with Crippen molar-refractivity contribution in [3.05, 3.63) is 58.2 Å². The van der Waals surface area contributed by atoms with Gasteiger partial charge in [-0.05, 0) is 30.0 Å². The van der Waals surface area contributed by atoms with E-state index in [1.165, 1.54) is 13.2 Å². The molecule has 8 heteroatoms. The maximum atomic E-state index is 12.6. The summed E-state index contributed by atoms with van der Waals surface area (Å²) in [5.41, 5.74) is 3.84. The van der Waals surface area contributed by atoms with Crippen LogP contribution in [0.3, 0.4) is 0 Å². The summed E-state index contributed by atoms with van der Waals surface area (Å²) in [6.45, 7) is 8.46. The molecule has 0 fully saturated rings. The molecule has 1 atom stereocenters. The number of hydrogen-bond donors (Lipinski definition) is 2. The van der Waals surface area contributed by atoms with Gasteiger partial charge in [0, 0.05) is 34.6 Å². The lowest BCUT2D eigenvalue weighted by atomic mass is 9.83. The van der Waals surface area contributed by atoms with E-state index in [1.807, 2.05) is 19.1 Å². The molecule has 0 spiro atoms. The third kappa shape index (κ3) is 5.19. The maximum absolute atomic E-state index is 12.6. The van der Waals surface area contributed by atoms with Gasteiger partial charge in [0.2, 0.25) is 5.91 Å². The van der Waals surface area contributed by atoms with Crippen LogP contribution in [0.2, 0.25) is 5.02 Å². The maximum Gasteiger partial charge on any atom is 0.226 e. The summed E-state index contributed by atoms with van der Waals surface area (Å²) in [5, 5.41) is 18.0. The van der Waals surface area contributed by atoms with Crippen molar-refractivity contribution in [2.75, 3.05) is 12.4 Å². The number of phenols is 1. The molecule has 2 aromatic carbocycles. The highest BCUT2D eigenvalue weighted by atomic mass is 35.5. The fourth-order valence-corrected chi connectivity index (χ4v) is 4.28. The van der Waals surface area contributed by atoms with Crippen molar-refractivity contribution in [3.63, 3.8) is 0 Å². The molecule has 1 aliphatic heterocycles. The minimum Gasteiger partial charge on any atom is -0.504 e. The molecule has 1 aliphatic rings. The van der Waals surface area contributed by atoms with Crippen molar-refractivity contribution in [2.45, 2.75) is 46.5 Å². The lowest BCUT2D eigenvalue weighted by Crippen LogP contribution is -2.25. The van der Waals surface area contributed by atoms with Gasteiger partial charge in [-0.15, -0.1) is 0 Å². The van der Waals surface area contributed by atoms with E-state index in [2.05, 4.69) is 31.2 Å². The minimum atomic E-state index is -0.307. The van der Waals surface area contributed by atoms with Crippen LogP contribution < -0.4 is 15.5 Å². The molecule has 2 radical (unpaired) electrons. The van der Waals surface area contributed by atoms with Gasteiger partial charge >= 0.3 is 0 Å². The van der Waals surface area contributed by atoms with Crippen LogP contribution in [0.15, 0.2) is 36.5 Å². The van der Waals surface area contributed by atoms with Crippen molar-refractivity contribution in [1.29, 1.82) is 0 Å². The third-order valence-corrected chi connectivity index (χ3v) is 5.53. The van der Waals surface area contributed by atoms with Crippen molar-refractivity contribution in [3.8, 4) is 17.2 Å². The average molecular weight is 466 g/mol. The van der Waals surface area contributed by atoms with Crippen molar-refractivity contribution >= 4 is 36.6 Å². The SMILES string of the molecule is CC(C)C.[B]c1ccc(-n2ncc3c2NC(=O)CC3c2c(Cl)cc(O)c(OC)c2CC)cc1. The summed E-state index contributed by atoms with van der Waals surface area (Å²) in [6, 6.07) is 8.70. The van der Waals surface area contributed by atoms with E-state index in [-0.39, 0.29) is 24.0 Å². The molecule has 2 N–H and O–H groups in total. The predicted molar refractivity (Wildman–Crippen MR) is 134 cm³/mol. The van der Waals surface area contributed by atoms with E-state index in [0.717, 1.165) is 28.3 Å². The summed E-state index contributed by atoms with van der Waals surface area (Å²) < 4.78 is 7.09. The molecule has 0 bridgehead atoms. The number of nitrogens with one attached hydrogen (secondary N) is 1. The van der Waals surface area contributed by atoms with Crippen LogP contribution in [0.1, 0.15) is 56.7 Å². The van der Waals surface area contributed by atoms with E-state index in [9.17, 15) is 9.90 Å².